The summed E-state index contributed by atoms with van der Waals surface area (Å²) in [5.41, 5.74) is 1.51. The van der Waals surface area contributed by atoms with Crippen molar-refractivity contribution in [2.75, 3.05) is 14.1 Å². The van der Waals surface area contributed by atoms with Gasteiger partial charge in [-0.2, -0.15) is 0 Å². The maximum atomic E-state index is 10.1. The molecule has 0 unspecified atom stereocenters. The average Bonchev–Trinajstić information content (AvgIpc) is 2.79. The zero-order valence-corrected chi connectivity index (χ0v) is 13.4. The van der Waals surface area contributed by atoms with Crippen molar-refractivity contribution in [3.63, 3.8) is 0 Å². The Labute approximate surface area is 117 Å². The molecule has 0 spiro atoms. The first-order valence-electron chi connectivity index (χ1n) is 7.00. The van der Waals surface area contributed by atoms with Gasteiger partial charge in [0.1, 0.15) is 0 Å². The minimum absolute atomic E-state index is 0.0391. The van der Waals surface area contributed by atoms with Gasteiger partial charge in [0.25, 0.3) is 0 Å². The van der Waals surface area contributed by atoms with Crippen LogP contribution in [0.1, 0.15) is 39.0 Å². The van der Waals surface area contributed by atoms with E-state index in [1.807, 2.05) is 0 Å². The molecule has 0 aromatic rings. The number of aliphatic hydroxyl groups is 1. The Bertz CT molecular complexity index is 348. The second-order valence-electron chi connectivity index (χ2n) is 5.63. The van der Waals surface area contributed by atoms with Crippen molar-refractivity contribution in [2.45, 2.75) is 56.0 Å². The molecule has 0 saturated heterocycles. The van der Waals surface area contributed by atoms with E-state index in [9.17, 15) is 5.11 Å². The first-order valence-corrected chi connectivity index (χ1v) is 8.85. The van der Waals surface area contributed by atoms with Gasteiger partial charge in [-0.1, -0.05) is 0 Å². The van der Waals surface area contributed by atoms with Crippen LogP contribution in [0.3, 0.4) is 0 Å². The topological polar surface area (TPSA) is 23.5 Å². The summed E-state index contributed by atoms with van der Waals surface area (Å²) >= 11 is 0.475. The van der Waals surface area contributed by atoms with E-state index < -0.39 is 0 Å². The van der Waals surface area contributed by atoms with Crippen molar-refractivity contribution >= 4 is 15.0 Å². The van der Waals surface area contributed by atoms with Crippen molar-refractivity contribution in [3.8, 4) is 0 Å². The van der Waals surface area contributed by atoms with E-state index in [2.05, 4.69) is 38.1 Å². The van der Waals surface area contributed by atoms with E-state index in [0.717, 1.165) is 12.8 Å². The molecule has 0 aromatic heterocycles. The second kappa shape index (κ2) is 6.38. The summed E-state index contributed by atoms with van der Waals surface area (Å²) in [6.07, 6.45) is 10.5. The van der Waals surface area contributed by atoms with Gasteiger partial charge in [-0.3, -0.25) is 0 Å². The molecule has 102 valence electrons. The molecule has 1 N–H and O–H groups in total. The second-order valence-corrected chi connectivity index (χ2v) is 8.43. The van der Waals surface area contributed by atoms with Crippen LogP contribution >= 0.6 is 0 Å². The van der Waals surface area contributed by atoms with Crippen molar-refractivity contribution < 1.29 is 5.11 Å². The molecule has 0 radical (unpaired) electrons. The Morgan fingerprint density at radius 2 is 2.06 bits per heavy atom. The zero-order chi connectivity index (χ0) is 13.1. The molecule has 0 aromatic carbocycles. The van der Waals surface area contributed by atoms with Crippen LogP contribution in [0.4, 0.5) is 0 Å². The van der Waals surface area contributed by atoms with E-state index in [4.69, 9.17) is 0 Å². The van der Waals surface area contributed by atoms with Crippen LogP contribution in [-0.2, 0) is 0 Å². The molecule has 2 aliphatic carbocycles. The molecular formula is C15H25NOSe. The molecule has 0 bridgehead atoms. The fourth-order valence-corrected chi connectivity index (χ4v) is 5.84. The number of hydrogen-bond acceptors (Lipinski definition) is 2. The fraction of sp³-hybridized carbons (Fsp3) is 0.733. The Kier molecular flexibility index (Phi) is 5.08. The molecule has 0 amide bonds. The predicted octanol–water partition coefficient (Wildman–Crippen LogP) is 2.58. The SMILES string of the molecule is C[C@@H](C1=C([Se][C@H]2CCCC[C@@H]2O)CC=C1)N(C)C. The van der Waals surface area contributed by atoms with Crippen LogP contribution in [0.2, 0.25) is 4.82 Å². The molecule has 1 saturated carbocycles. The Morgan fingerprint density at radius 1 is 1.33 bits per heavy atom. The van der Waals surface area contributed by atoms with Gasteiger partial charge < -0.3 is 0 Å². The molecule has 3 heteroatoms. The van der Waals surface area contributed by atoms with Crippen LogP contribution in [0, 0.1) is 0 Å². The third-order valence-electron chi connectivity index (χ3n) is 4.11. The number of hydrogen-bond donors (Lipinski definition) is 1. The number of aliphatic hydroxyl groups excluding tert-OH is 1. The van der Waals surface area contributed by atoms with Gasteiger partial charge in [-0.05, 0) is 0 Å². The van der Waals surface area contributed by atoms with E-state index in [-0.39, 0.29) is 6.10 Å². The number of rotatable bonds is 4. The Hall–Kier alpha value is -0.0805. The summed E-state index contributed by atoms with van der Waals surface area (Å²) in [5, 5.41) is 10.1. The van der Waals surface area contributed by atoms with Crippen molar-refractivity contribution in [3.05, 3.63) is 22.2 Å². The van der Waals surface area contributed by atoms with E-state index in [1.165, 1.54) is 24.8 Å². The quantitative estimate of drug-likeness (QED) is 0.806. The minimum atomic E-state index is -0.0391. The van der Waals surface area contributed by atoms with Gasteiger partial charge in [0.15, 0.2) is 0 Å². The van der Waals surface area contributed by atoms with Crippen LogP contribution < -0.4 is 0 Å². The van der Waals surface area contributed by atoms with Gasteiger partial charge in [-0.15, -0.1) is 0 Å². The summed E-state index contributed by atoms with van der Waals surface area (Å²) in [6.45, 7) is 2.28. The Balaban J connectivity index is 2.05. The molecule has 0 heterocycles. The van der Waals surface area contributed by atoms with E-state index in [1.54, 1.807) is 4.47 Å². The van der Waals surface area contributed by atoms with Gasteiger partial charge >= 0.3 is 117 Å². The van der Waals surface area contributed by atoms with Gasteiger partial charge in [-0.25, -0.2) is 0 Å². The standard InChI is InChI=1S/C15H25NOSe/c1-11(16(2)3)12-7-6-10-14(12)18-15-9-5-4-8-13(15)17/h6-7,11,13,15,17H,4-5,8-10H2,1-3H3/t11-,13-,15-/m0/s1. The molecule has 1 fully saturated rings. The first-order chi connectivity index (χ1) is 8.59. The average molecular weight is 314 g/mol. The van der Waals surface area contributed by atoms with Crippen LogP contribution in [0.25, 0.3) is 0 Å². The molecule has 2 nitrogen and oxygen atoms in total. The first kappa shape index (κ1) is 14.3. The monoisotopic (exact) mass is 315 g/mol. The molecule has 2 rings (SSSR count). The maximum absolute atomic E-state index is 10.1. The molecule has 2 aliphatic rings. The van der Waals surface area contributed by atoms with Crippen LogP contribution in [-0.4, -0.2) is 51.2 Å². The number of nitrogens with zero attached hydrogens (tertiary/aromatic N) is 1. The number of likely N-dealkylation sites (N-methyl/N-ethyl adjacent to an activating group) is 1. The summed E-state index contributed by atoms with van der Waals surface area (Å²) in [4.78, 5) is 2.84. The summed E-state index contributed by atoms with van der Waals surface area (Å²) in [5.74, 6) is 0. The third-order valence-corrected chi connectivity index (χ3v) is 7.34. The normalized spacial score (nSPS) is 30.3. The van der Waals surface area contributed by atoms with Crippen molar-refractivity contribution in [1.29, 1.82) is 0 Å². The van der Waals surface area contributed by atoms with E-state index >= 15 is 0 Å². The molecule has 0 aliphatic heterocycles. The fourth-order valence-electron chi connectivity index (χ4n) is 2.67. The van der Waals surface area contributed by atoms with Crippen LogP contribution in [0.5, 0.6) is 0 Å². The predicted molar refractivity (Wildman–Crippen MR) is 77.9 cm³/mol. The molecule has 3 atom stereocenters. The van der Waals surface area contributed by atoms with Gasteiger partial charge in [0.2, 0.25) is 0 Å². The summed E-state index contributed by atoms with van der Waals surface area (Å²) < 4.78 is 1.62. The van der Waals surface area contributed by atoms with Crippen molar-refractivity contribution in [1.82, 2.24) is 4.90 Å². The van der Waals surface area contributed by atoms with Crippen molar-refractivity contribution in [2.24, 2.45) is 0 Å². The van der Waals surface area contributed by atoms with Crippen LogP contribution in [0.15, 0.2) is 22.2 Å². The molecule has 18 heavy (non-hydrogen) atoms. The van der Waals surface area contributed by atoms with Gasteiger partial charge in [0.05, 0.1) is 0 Å². The van der Waals surface area contributed by atoms with Gasteiger partial charge in [0, 0.05) is 0 Å². The third kappa shape index (κ3) is 3.27. The summed E-state index contributed by atoms with van der Waals surface area (Å²) in [6, 6.07) is 0.501. The zero-order valence-electron chi connectivity index (χ0n) is 11.7. The Morgan fingerprint density at radius 3 is 2.72 bits per heavy atom. The van der Waals surface area contributed by atoms with E-state index in [0.29, 0.717) is 25.8 Å². The number of allylic oxidation sites excluding steroid dienone is 2. The molecular weight excluding hydrogens is 289 g/mol. The summed E-state index contributed by atoms with van der Waals surface area (Å²) in [7, 11) is 4.29.